The summed E-state index contributed by atoms with van der Waals surface area (Å²) in [6.45, 7) is 4.89. The van der Waals surface area contributed by atoms with Crippen molar-refractivity contribution in [2.24, 2.45) is 0 Å². The Hall–Kier alpha value is -0.760. The van der Waals surface area contributed by atoms with Crippen molar-refractivity contribution in [3.63, 3.8) is 0 Å². The Kier molecular flexibility index (Phi) is 6.42. The third kappa shape index (κ3) is 4.87. The van der Waals surface area contributed by atoms with E-state index >= 15 is 0 Å². The Morgan fingerprint density at radius 2 is 1.00 bits per heavy atom. The first kappa shape index (κ1) is 16.1. The molecule has 120 valence electrons. The number of hydrogen-bond donors (Lipinski definition) is 0. The summed E-state index contributed by atoms with van der Waals surface area (Å²) in [5.74, 6) is 0. The van der Waals surface area contributed by atoms with E-state index in [1.165, 1.54) is 20.9 Å². The fraction of sp³-hybridized carbons (Fsp3) is 0.500. The van der Waals surface area contributed by atoms with Crippen LogP contribution in [0.3, 0.4) is 0 Å². The molecule has 4 nitrogen and oxygen atoms in total. The van der Waals surface area contributed by atoms with Gasteiger partial charge in [0.25, 0.3) is 0 Å². The number of rotatable bonds is 0. The van der Waals surface area contributed by atoms with E-state index in [0.29, 0.717) is 52.9 Å². The van der Waals surface area contributed by atoms with E-state index < -0.39 is 0 Å². The van der Waals surface area contributed by atoms with Crippen LogP contribution in [0.5, 0.6) is 0 Å². The van der Waals surface area contributed by atoms with E-state index in [0.717, 1.165) is 0 Å². The largest absolute Gasteiger partial charge is 0.377 e. The molecule has 2 aromatic heterocycles. The van der Waals surface area contributed by atoms with E-state index in [4.69, 9.17) is 18.9 Å². The van der Waals surface area contributed by atoms with Crippen molar-refractivity contribution < 1.29 is 18.9 Å². The van der Waals surface area contributed by atoms with Crippen LogP contribution in [0.4, 0.5) is 0 Å². The van der Waals surface area contributed by atoms with Crippen molar-refractivity contribution in [2.75, 3.05) is 39.6 Å². The van der Waals surface area contributed by atoms with Crippen molar-refractivity contribution in [3.05, 3.63) is 34.0 Å². The predicted molar refractivity (Wildman–Crippen MR) is 88.6 cm³/mol. The van der Waals surface area contributed by atoms with Gasteiger partial charge in [-0.15, -0.1) is 22.7 Å². The summed E-state index contributed by atoms with van der Waals surface area (Å²) in [6.07, 6.45) is 0. The van der Waals surface area contributed by atoms with E-state index in [2.05, 4.69) is 22.9 Å². The molecule has 2 aromatic rings. The Labute approximate surface area is 138 Å². The lowest BCUT2D eigenvalue weighted by atomic mass is 10.2. The molecule has 4 bridgehead atoms. The Bertz CT molecular complexity index is 514. The van der Waals surface area contributed by atoms with Crippen LogP contribution in [0.25, 0.3) is 9.75 Å². The summed E-state index contributed by atoms with van der Waals surface area (Å²) in [6, 6.07) is 4.41. The van der Waals surface area contributed by atoms with Crippen LogP contribution in [0, 0.1) is 0 Å². The molecule has 0 N–H and O–H groups in total. The van der Waals surface area contributed by atoms with Gasteiger partial charge in [-0.2, -0.15) is 0 Å². The highest BCUT2D eigenvalue weighted by atomic mass is 32.1. The van der Waals surface area contributed by atoms with Crippen molar-refractivity contribution in [2.45, 2.75) is 13.2 Å². The van der Waals surface area contributed by atoms with Gasteiger partial charge in [-0.1, -0.05) is 0 Å². The Balaban J connectivity index is 1.63. The van der Waals surface area contributed by atoms with Gasteiger partial charge in [0.05, 0.1) is 52.9 Å². The maximum absolute atomic E-state index is 5.64. The van der Waals surface area contributed by atoms with Gasteiger partial charge < -0.3 is 18.9 Å². The zero-order chi connectivity index (χ0) is 15.0. The third-order valence-corrected chi connectivity index (χ3v) is 5.36. The second kappa shape index (κ2) is 8.76. The van der Waals surface area contributed by atoms with Gasteiger partial charge in [0.15, 0.2) is 0 Å². The van der Waals surface area contributed by atoms with Crippen molar-refractivity contribution >= 4 is 22.7 Å². The first-order valence-electron chi connectivity index (χ1n) is 7.38. The molecule has 3 rings (SSSR count). The number of ether oxygens (including phenoxy) is 4. The molecule has 0 aromatic carbocycles. The Morgan fingerprint density at radius 3 is 1.45 bits per heavy atom. The molecule has 0 atom stereocenters. The Morgan fingerprint density at radius 1 is 0.591 bits per heavy atom. The van der Waals surface area contributed by atoms with Crippen LogP contribution in [-0.2, 0) is 32.2 Å². The second-order valence-corrected chi connectivity index (χ2v) is 6.79. The maximum Gasteiger partial charge on any atom is 0.0726 e. The van der Waals surface area contributed by atoms with Crippen molar-refractivity contribution in [3.8, 4) is 9.75 Å². The average molecular weight is 340 g/mol. The molecule has 22 heavy (non-hydrogen) atoms. The van der Waals surface area contributed by atoms with Gasteiger partial charge in [0, 0.05) is 9.75 Å². The minimum atomic E-state index is 0.597. The molecule has 0 saturated carbocycles. The van der Waals surface area contributed by atoms with Crippen LogP contribution in [0.15, 0.2) is 22.9 Å². The van der Waals surface area contributed by atoms with Crippen LogP contribution in [0.2, 0.25) is 0 Å². The monoisotopic (exact) mass is 340 g/mol. The molecule has 0 amide bonds. The smallest absolute Gasteiger partial charge is 0.0726 e. The van der Waals surface area contributed by atoms with Gasteiger partial charge in [0.1, 0.15) is 0 Å². The van der Waals surface area contributed by atoms with Crippen LogP contribution < -0.4 is 0 Å². The lowest BCUT2D eigenvalue weighted by Gasteiger charge is -2.07. The molecule has 1 aliphatic heterocycles. The SMILES string of the molecule is c1sc2cc1COCCOCCOCCOCc1csc-2c1. The van der Waals surface area contributed by atoms with Gasteiger partial charge in [-0.05, 0) is 34.0 Å². The number of hydrogen-bond acceptors (Lipinski definition) is 6. The summed E-state index contributed by atoms with van der Waals surface area (Å²) in [7, 11) is 0. The molecule has 0 radical (unpaired) electrons. The zero-order valence-corrected chi connectivity index (χ0v) is 14.0. The van der Waals surface area contributed by atoms with Crippen LogP contribution in [-0.4, -0.2) is 39.6 Å². The first-order valence-corrected chi connectivity index (χ1v) is 9.14. The van der Waals surface area contributed by atoms with Gasteiger partial charge in [0.2, 0.25) is 0 Å². The zero-order valence-electron chi connectivity index (χ0n) is 12.4. The topological polar surface area (TPSA) is 36.9 Å². The van der Waals surface area contributed by atoms with Gasteiger partial charge >= 0.3 is 0 Å². The summed E-state index contributed by atoms with van der Waals surface area (Å²) >= 11 is 3.52. The fourth-order valence-electron chi connectivity index (χ4n) is 2.10. The maximum atomic E-state index is 5.64. The molecular formula is C16H20O4S2. The standard InChI is InChI=1S/C16H20O4S2/c1-2-18-4-6-20-10-14-8-16(22-12-14)15-7-13(11-21-15)9-19-5-3-17-1/h7-8,11-12H,1-6,9-10H2. The molecule has 0 unspecified atom stereocenters. The molecule has 1 aliphatic rings. The van der Waals surface area contributed by atoms with E-state index in [1.807, 2.05) is 0 Å². The van der Waals surface area contributed by atoms with Crippen LogP contribution >= 0.6 is 22.7 Å². The minimum absolute atomic E-state index is 0.597. The normalized spacial score (nSPS) is 18.5. The summed E-state index contributed by atoms with van der Waals surface area (Å²) in [5.41, 5.74) is 2.44. The van der Waals surface area contributed by atoms with E-state index in [-0.39, 0.29) is 0 Å². The van der Waals surface area contributed by atoms with Crippen molar-refractivity contribution in [1.29, 1.82) is 0 Å². The number of fused-ring (bicyclic) bond motifs is 5. The van der Waals surface area contributed by atoms with Crippen molar-refractivity contribution in [1.82, 2.24) is 0 Å². The highest BCUT2D eigenvalue weighted by Crippen LogP contribution is 2.33. The molecular weight excluding hydrogens is 320 g/mol. The predicted octanol–water partition coefficient (Wildman–Crippen LogP) is 3.56. The third-order valence-electron chi connectivity index (χ3n) is 3.20. The molecule has 3 heterocycles. The first-order chi connectivity index (χ1) is 10.9. The highest BCUT2D eigenvalue weighted by molar-refractivity contribution is 7.20. The molecule has 0 aliphatic carbocycles. The summed E-state index contributed by atoms with van der Waals surface area (Å²) < 4.78 is 22.2. The second-order valence-electron chi connectivity index (χ2n) is 4.97. The molecule has 0 saturated heterocycles. The fourth-order valence-corrected chi connectivity index (χ4v) is 4.01. The summed E-state index contributed by atoms with van der Waals surface area (Å²) in [5, 5.41) is 4.32. The van der Waals surface area contributed by atoms with Gasteiger partial charge in [-0.3, -0.25) is 0 Å². The lowest BCUT2D eigenvalue weighted by molar-refractivity contribution is -0.00613. The minimum Gasteiger partial charge on any atom is -0.377 e. The van der Waals surface area contributed by atoms with E-state index in [9.17, 15) is 0 Å². The van der Waals surface area contributed by atoms with Crippen LogP contribution in [0.1, 0.15) is 11.1 Å². The summed E-state index contributed by atoms with van der Waals surface area (Å²) in [4.78, 5) is 2.58. The lowest BCUT2D eigenvalue weighted by Crippen LogP contribution is -2.11. The number of thiophene rings is 2. The molecule has 6 heteroatoms. The molecule has 0 fully saturated rings. The van der Waals surface area contributed by atoms with Gasteiger partial charge in [-0.25, -0.2) is 0 Å². The highest BCUT2D eigenvalue weighted by Gasteiger charge is 2.07. The van der Waals surface area contributed by atoms with E-state index in [1.54, 1.807) is 22.7 Å². The quantitative estimate of drug-likeness (QED) is 0.735. The molecule has 0 spiro atoms. The average Bonchev–Trinajstić information content (AvgIpc) is 3.16.